The Labute approximate surface area is 128 Å². The number of aromatic amines is 1. The van der Waals surface area contributed by atoms with E-state index in [1.54, 1.807) is 0 Å². The maximum atomic E-state index is 11.4. The molecule has 0 amide bonds. The van der Waals surface area contributed by atoms with Gasteiger partial charge in [-0.25, -0.2) is 4.98 Å². The van der Waals surface area contributed by atoms with Gasteiger partial charge in [-0.15, -0.1) is 0 Å². The smallest absolute Gasteiger partial charge is 0.136 e. The molecule has 4 rings (SSSR count). The molecule has 1 aromatic carbocycles. The van der Waals surface area contributed by atoms with Gasteiger partial charge in [0.05, 0.1) is 5.52 Å². The number of fused-ring (bicyclic) bond motifs is 1. The van der Waals surface area contributed by atoms with Gasteiger partial charge < -0.3 is 4.90 Å². The molecule has 1 N–H and O–H groups in total. The third kappa shape index (κ3) is 2.24. The van der Waals surface area contributed by atoms with Crippen molar-refractivity contribution in [3.63, 3.8) is 0 Å². The van der Waals surface area contributed by atoms with E-state index in [1.165, 1.54) is 0 Å². The quantitative estimate of drug-likeness (QED) is 0.789. The van der Waals surface area contributed by atoms with Gasteiger partial charge in [0.15, 0.2) is 0 Å². The molecule has 0 spiro atoms. The summed E-state index contributed by atoms with van der Waals surface area (Å²) in [6.07, 6.45) is 3.03. The molecule has 0 aliphatic carbocycles. The van der Waals surface area contributed by atoms with Gasteiger partial charge in [0, 0.05) is 43.1 Å². The summed E-state index contributed by atoms with van der Waals surface area (Å²) in [6.45, 7) is 1.49. The topological polar surface area (TPSA) is 61.9 Å². The van der Waals surface area contributed by atoms with Crippen molar-refractivity contribution in [2.75, 3.05) is 18.0 Å². The minimum atomic E-state index is 0.339. The number of carbonyl (C=O) groups excluding carboxylic acids is 1. The zero-order valence-corrected chi connectivity index (χ0v) is 12.1. The lowest BCUT2D eigenvalue weighted by Crippen LogP contribution is -2.34. The highest BCUT2D eigenvalue weighted by molar-refractivity contribution is 5.93. The Kier molecular flexibility index (Phi) is 3.11. The van der Waals surface area contributed by atoms with Gasteiger partial charge >= 0.3 is 0 Å². The fourth-order valence-corrected chi connectivity index (χ4v) is 2.91. The lowest BCUT2D eigenvalue weighted by Gasteiger charge is -2.27. The van der Waals surface area contributed by atoms with E-state index in [1.807, 2.05) is 30.5 Å². The predicted octanol–water partition coefficient (Wildman–Crippen LogP) is 2.79. The van der Waals surface area contributed by atoms with Crippen molar-refractivity contribution in [2.24, 2.45) is 0 Å². The highest BCUT2D eigenvalue weighted by Gasteiger charge is 2.18. The van der Waals surface area contributed by atoms with Gasteiger partial charge in [-0.2, -0.15) is 5.10 Å². The lowest BCUT2D eigenvalue weighted by molar-refractivity contribution is -0.119. The predicted molar refractivity (Wildman–Crippen MR) is 85.8 cm³/mol. The average Bonchev–Trinajstić information content (AvgIpc) is 3.00. The second kappa shape index (κ2) is 5.26. The molecule has 0 unspecified atom stereocenters. The molecule has 1 aliphatic rings. The summed E-state index contributed by atoms with van der Waals surface area (Å²) in [7, 11) is 0. The van der Waals surface area contributed by atoms with Crippen molar-refractivity contribution >= 4 is 22.5 Å². The Balaban J connectivity index is 1.71. The van der Waals surface area contributed by atoms with Crippen LogP contribution in [0.3, 0.4) is 0 Å². The van der Waals surface area contributed by atoms with Gasteiger partial charge in [-0.05, 0) is 18.2 Å². The molecule has 5 heteroatoms. The number of nitrogens with zero attached hydrogens (tertiary/aromatic N) is 3. The number of hydrogen-bond donors (Lipinski definition) is 1. The van der Waals surface area contributed by atoms with E-state index in [4.69, 9.17) is 0 Å². The molecule has 0 radical (unpaired) electrons. The van der Waals surface area contributed by atoms with Gasteiger partial charge in [0.2, 0.25) is 0 Å². The largest absolute Gasteiger partial charge is 0.356 e. The van der Waals surface area contributed by atoms with Crippen molar-refractivity contribution in [1.29, 1.82) is 0 Å². The first-order chi connectivity index (χ1) is 10.8. The van der Waals surface area contributed by atoms with E-state index in [2.05, 4.69) is 32.2 Å². The normalized spacial score (nSPS) is 15.5. The first-order valence-corrected chi connectivity index (χ1v) is 7.47. The highest BCUT2D eigenvalue weighted by atomic mass is 16.1. The van der Waals surface area contributed by atoms with Crippen molar-refractivity contribution in [1.82, 2.24) is 15.2 Å². The highest BCUT2D eigenvalue weighted by Crippen LogP contribution is 2.28. The zero-order valence-electron chi connectivity index (χ0n) is 12.1. The standard InChI is InChI=1S/C17H16N4O/c22-13-6-9-21(10-7-13)16-11-12(5-8-18-16)17-14-3-1-2-4-15(14)19-20-17/h1-5,8,11H,6-7,9-10H2,(H,19,20). The first kappa shape index (κ1) is 13.0. The molecule has 3 heterocycles. The molecule has 0 atom stereocenters. The van der Waals surface area contributed by atoms with Gasteiger partial charge in [0.1, 0.15) is 17.3 Å². The summed E-state index contributed by atoms with van der Waals surface area (Å²) in [5.41, 5.74) is 3.01. The van der Waals surface area contributed by atoms with Crippen LogP contribution in [0, 0.1) is 0 Å². The minimum Gasteiger partial charge on any atom is -0.356 e. The summed E-state index contributed by atoms with van der Waals surface area (Å²) in [5, 5.41) is 8.61. The molecule has 1 saturated heterocycles. The van der Waals surface area contributed by atoms with Crippen LogP contribution >= 0.6 is 0 Å². The number of carbonyl (C=O) groups is 1. The van der Waals surface area contributed by atoms with Crippen LogP contribution in [0.15, 0.2) is 42.6 Å². The van der Waals surface area contributed by atoms with E-state index in [-0.39, 0.29) is 0 Å². The van der Waals surface area contributed by atoms with Crippen LogP contribution in [-0.2, 0) is 4.79 Å². The fourth-order valence-electron chi connectivity index (χ4n) is 2.91. The van der Waals surface area contributed by atoms with Gasteiger partial charge in [0.25, 0.3) is 0 Å². The van der Waals surface area contributed by atoms with E-state index >= 15 is 0 Å². The van der Waals surface area contributed by atoms with Crippen LogP contribution < -0.4 is 4.90 Å². The van der Waals surface area contributed by atoms with Crippen LogP contribution in [-0.4, -0.2) is 34.1 Å². The molecule has 0 saturated carbocycles. The summed E-state index contributed by atoms with van der Waals surface area (Å²) < 4.78 is 0. The third-order valence-corrected chi connectivity index (χ3v) is 4.13. The molecule has 22 heavy (non-hydrogen) atoms. The number of ketones is 1. The maximum Gasteiger partial charge on any atom is 0.136 e. The molecule has 1 fully saturated rings. The number of anilines is 1. The van der Waals surface area contributed by atoms with E-state index in [0.29, 0.717) is 18.6 Å². The molecule has 3 aromatic rings. The number of piperidine rings is 1. The number of pyridine rings is 1. The second-order valence-corrected chi connectivity index (χ2v) is 5.55. The maximum absolute atomic E-state index is 11.4. The Morgan fingerprint density at radius 3 is 2.77 bits per heavy atom. The van der Waals surface area contributed by atoms with E-state index in [9.17, 15) is 4.79 Å². The number of H-pyrrole nitrogens is 1. The molecule has 2 aromatic heterocycles. The van der Waals surface area contributed by atoms with Crippen molar-refractivity contribution in [2.45, 2.75) is 12.8 Å². The summed E-state index contributed by atoms with van der Waals surface area (Å²) in [4.78, 5) is 18.0. The Hall–Kier alpha value is -2.69. The van der Waals surface area contributed by atoms with Crippen molar-refractivity contribution in [3.8, 4) is 11.3 Å². The fraction of sp³-hybridized carbons (Fsp3) is 0.235. The van der Waals surface area contributed by atoms with Gasteiger partial charge in [-0.3, -0.25) is 9.89 Å². The molecular weight excluding hydrogens is 276 g/mol. The average molecular weight is 292 g/mol. The Morgan fingerprint density at radius 2 is 1.91 bits per heavy atom. The number of hydrogen-bond acceptors (Lipinski definition) is 4. The summed E-state index contributed by atoms with van der Waals surface area (Å²) >= 11 is 0. The number of aromatic nitrogens is 3. The van der Waals surface area contributed by atoms with Crippen LogP contribution in [0.1, 0.15) is 12.8 Å². The number of para-hydroxylation sites is 1. The van der Waals surface area contributed by atoms with E-state index in [0.717, 1.165) is 41.1 Å². The lowest BCUT2D eigenvalue weighted by atomic mass is 10.1. The van der Waals surface area contributed by atoms with Crippen LogP contribution in [0.25, 0.3) is 22.2 Å². The zero-order chi connectivity index (χ0) is 14.9. The van der Waals surface area contributed by atoms with Crippen LogP contribution in [0.5, 0.6) is 0 Å². The Morgan fingerprint density at radius 1 is 1.09 bits per heavy atom. The van der Waals surface area contributed by atoms with Crippen LogP contribution in [0.4, 0.5) is 5.82 Å². The molecule has 1 aliphatic heterocycles. The Bertz CT molecular complexity index is 829. The number of benzene rings is 1. The third-order valence-electron chi connectivity index (χ3n) is 4.13. The molecular formula is C17H16N4O. The molecule has 110 valence electrons. The van der Waals surface area contributed by atoms with Crippen molar-refractivity contribution < 1.29 is 4.79 Å². The molecule has 0 bridgehead atoms. The summed E-state index contributed by atoms with van der Waals surface area (Å²) in [5.74, 6) is 1.25. The SMILES string of the molecule is O=C1CCN(c2cc(-c3n[nH]c4ccccc34)ccn2)CC1. The van der Waals surface area contributed by atoms with Crippen molar-refractivity contribution in [3.05, 3.63) is 42.6 Å². The molecule has 5 nitrogen and oxygen atoms in total. The monoisotopic (exact) mass is 292 g/mol. The number of nitrogens with one attached hydrogen (secondary N) is 1. The van der Waals surface area contributed by atoms with Crippen LogP contribution in [0.2, 0.25) is 0 Å². The van der Waals surface area contributed by atoms with Gasteiger partial charge in [-0.1, -0.05) is 18.2 Å². The number of rotatable bonds is 2. The second-order valence-electron chi connectivity index (χ2n) is 5.55. The van der Waals surface area contributed by atoms with E-state index < -0.39 is 0 Å². The minimum absolute atomic E-state index is 0.339. The first-order valence-electron chi connectivity index (χ1n) is 7.47. The summed E-state index contributed by atoms with van der Waals surface area (Å²) in [6, 6.07) is 12.1. The number of Topliss-reactive ketones (excluding diaryl/α,β-unsaturated/α-hetero) is 1.